The molecule has 2 unspecified atom stereocenters. The molecule has 0 spiro atoms. The van der Waals surface area contributed by atoms with Gasteiger partial charge in [0.1, 0.15) is 0 Å². The number of ether oxygens (including phenoxy) is 3. The molecule has 0 bridgehead atoms. The molecule has 2 rings (SSSR count). The molecule has 13 heteroatoms. The fourth-order valence-corrected chi connectivity index (χ4v) is 2.47. The maximum atomic E-state index is 10.8. The van der Waals surface area contributed by atoms with Gasteiger partial charge in [0.2, 0.25) is 6.29 Å². The summed E-state index contributed by atoms with van der Waals surface area (Å²) in [6, 6.07) is 0. The fourth-order valence-electron chi connectivity index (χ4n) is 2.05. The van der Waals surface area contributed by atoms with Crippen LogP contribution in [0.25, 0.3) is 0 Å². The van der Waals surface area contributed by atoms with E-state index in [1.54, 1.807) is 0 Å². The number of rotatable bonds is 4. The van der Waals surface area contributed by atoms with Crippen LogP contribution in [0.4, 0.5) is 0 Å². The lowest BCUT2D eigenvalue weighted by atomic mass is 10.1. The summed E-state index contributed by atoms with van der Waals surface area (Å²) >= 11 is 2.15. The van der Waals surface area contributed by atoms with Crippen LogP contribution in [0.5, 0.6) is 0 Å². The van der Waals surface area contributed by atoms with Crippen LogP contribution in [-0.4, -0.2) is 70.6 Å². The minimum absolute atomic E-state index is 0. The Bertz CT molecular complexity index is 387. The van der Waals surface area contributed by atoms with Crippen molar-refractivity contribution in [3.63, 3.8) is 0 Å². The molecule has 2 fully saturated rings. The predicted octanol–water partition coefficient (Wildman–Crippen LogP) is -0.124. The molecular weight excluding hydrogens is 505 g/mol. The molecule has 0 aliphatic carbocycles. The van der Waals surface area contributed by atoms with Gasteiger partial charge in [-0.3, -0.25) is 9.59 Å². The molecule has 10 nitrogen and oxygen atoms in total. The summed E-state index contributed by atoms with van der Waals surface area (Å²) in [5, 5.41) is 17.4. The highest BCUT2D eigenvalue weighted by molar-refractivity contribution is 14.1. The Morgan fingerprint density at radius 2 is 1.50 bits per heavy atom. The summed E-state index contributed by atoms with van der Waals surface area (Å²) in [6.07, 6.45) is -1.95. The first-order chi connectivity index (χ1) is 11.9. The number of halogens is 1. The van der Waals surface area contributed by atoms with Crippen molar-refractivity contribution in [2.45, 2.75) is 56.6 Å². The van der Waals surface area contributed by atoms with Crippen molar-refractivity contribution in [2.75, 3.05) is 12.0 Å². The van der Waals surface area contributed by atoms with Crippen molar-refractivity contribution >= 4 is 53.5 Å². The minimum atomic E-state index is -1.63. The SMILES string of the molecule is CI.CO[C@@H]1C[C@@H](OP)CC(=O)O1.O.O=C1C[C@H](OP)C[C@@H](C(O)O)O1. The van der Waals surface area contributed by atoms with E-state index in [-0.39, 0.29) is 30.1 Å². The van der Waals surface area contributed by atoms with Crippen molar-refractivity contribution in [1.82, 2.24) is 0 Å². The number of cyclic esters (lactones) is 2. The molecule has 0 aromatic rings. The summed E-state index contributed by atoms with van der Waals surface area (Å²) in [7, 11) is 5.68. The lowest BCUT2D eigenvalue weighted by Gasteiger charge is -2.28. The number of aliphatic hydroxyl groups excluding tert-OH is 1. The average molecular weight is 532 g/mol. The third kappa shape index (κ3) is 11.2. The van der Waals surface area contributed by atoms with Gasteiger partial charge in [-0.05, 0) is 4.93 Å². The molecule has 0 radical (unpaired) electrons. The van der Waals surface area contributed by atoms with Gasteiger partial charge in [-0.2, -0.15) is 0 Å². The minimum Gasteiger partial charge on any atom is -0.457 e. The molecule has 2 aliphatic rings. The summed E-state index contributed by atoms with van der Waals surface area (Å²) in [4.78, 5) is 23.6. The van der Waals surface area contributed by atoms with Crippen LogP contribution >= 0.6 is 41.5 Å². The quantitative estimate of drug-likeness (QED) is 0.166. The van der Waals surface area contributed by atoms with Gasteiger partial charge >= 0.3 is 11.9 Å². The first-order valence-electron chi connectivity index (χ1n) is 7.26. The van der Waals surface area contributed by atoms with E-state index in [1.165, 1.54) is 7.11 Å². The van der Waals surface area contributed by atoms with Gasteiger partial charge in [-0.25, -0.2) is 0 Å². The van der Waals surface area contributed by atoms with E-state index < -0.39 is 24.7 Å². The van der Waals surface area contributed by atoms with Crippen LogP contribution in [0, 0.1) is 0 Å². The smallest absolute Gasteiger partial charge is 0.310 e. The number of alkyl halides is 1. The topological polar surface area (TPSA) is 152 Å². The Balaban J connectivity index is 0. The number of hydrogen-bond donors (Lipinski definition) is 2. The van der Waals surface area contributed by atoms with Crippen LogP contribution in [0.3, 0.4) is 0 Å². The Labute approximate surface area is 170 Å². The third-order valence-corrected chi connectivity index (χ3v) is 4.04. The van der Waals surface area contributed by atoms with Crippen LogP contribution < -0.4 is 0 Å². The second kappa shape index (κ2) is 16.3. The van der Waals surface area contributed by atoms with E-state index in [0.29, 0.717) is 19.3 Å². The molecule has 0 aromatic heterocycles. The Morgan fingerprint density at radius 1 is 1.04 bits per heavy atom. The molecular formula is C13H27IO10P2. The van der Waals surface area contributed by atoms with Gasteiger partial charge in [0.25, 0.3) is 0 Å². The first kappa shape index (κ1) is 28.5. The zero-order valence-electron chi connectivity index (χ0n) is 14.5. The van der Waals surface area contributed by atoms with Crippen molar-refractivity contribution in [2.24, 2.45) is 0 Å². The zero-order chi connectivity index (χ0) is 19.4. The predicted molar refractivity (Wildman–Crippen MR) is 106 cm³/mol. The van der Waals surface area contributed by atoms with Crippen molar-refractivity contribution in [3.05, 3.63) is 0 Å². The van der Waals surface area contributed by atoms with E-state index in [2.05, 4.69) is 36.8 Å². The standard InChI is InChI=1S/C6H11O5P.C6H11O4P.CH3I.H2O/c7-5-2-3(11-12)1-4(10-5)6(8)9;1-8-6-3-4(10-11)2-5(7)9-6;1-2;/h3-4,6,8-9H,1-2,12H2;4,6H,2-3,11H2,1H3;1H3;1H2/t3-,4+;4-,6-;;/m10../s1. The van der Waals surface area contributed by atoms with Crippen LogP contribution in [0.1, 0.15) is 25.7 Å². The van der Waals surface area contributed by atoms with Gasteiger partial charge in [-0.15, -0.1) is 0 Å². The van der Waals surface area contributed by atoms with E-state index in [0.717, 1.165) is 0 Å². The highest BCUT2D eigenvalue weighted by atomic mass is 127. The number of hydrogen-bond acceptors (Lipinski definition) is 9. The Morgan fingerprint density at radius 3 is 1.92 bits per heavy atom. The molecule has 2 saturated heterocycles. The van der Waals surface area contributed by atoms with Gasteiger partial charge < -0.3 is 38.9 Å². The van der Waals surface area contributed by atoms with E-state index in [4.69, 9.17) is 28.7 Å². The van der Waals surface area contributed by atoms with Gasteiger partial charge in [-0.1, -0.05) is 22.6 Å². The molecule has 6 atom stereocenters. The van der Waals surface area contributed by atoms with Gasteiger partial charge in [0, 0.05) is 38.9 Å². The molecule has 0 saturated carbocycles. The normalized spacial score (nSPS) is 27.7. The van der Waals surface area contributed by atoms with Crippen LogP contribution in [0.15, 0.2) is 0 Å². The van der Waals surface area contributed by atoms with Crippen LogP contribution in [0.2, 0.25) is 0 Å². The Kier molecular flexibility index (Phi) is 17.8. The number of esters is 2. The van der Waals surface area contributed by atoms with Gasteiger partial charge in [0.05, 0.1) is 25.0 Å². The summed E-state index contributed by atoms with van der Waals surface area (Å²) in [6.45, 7) is 0. The maximum Gasteiger partial charge on any atom is 0.310 e. The highest BCUT2D eigenvalue weighted by Gasteiger charge is 2.32. The summed E-state index contributed by atoms with van der Waals surface area (Å²) in [5.74, 6) is -0.734. The molecule has 2 heterocycles. The molecule has 4 N–H and O–H groups in total. The Hall–Kier alpha value is 0.290. The number of aliphatic hydroxyl groups is 2. The number of carbonyl (C=O) groups is 2. The van der Waals surface area contributed by atoms with Crippen molar-refractivity contribution in [1.29, 1.82) is 0 Å². The number of carbonyl (C=O) groups excluding carboxylic acids is 2. The zero-order valence-corrected chi connectivity index (χ0v) is 19.0. The third-order valence-electron chi connectivity index (χ3n) is 3.27. The van der Waals surface area contributed by atoms with Gasteiger partial charge in [0.15, 0.2) is 12.4 Å². The lowest BCUT2D eigenvalue weighted by Crippen LogP contribution is -2.40. The monoisotopic (exact) mass is 532 g/mol. The first-order valence-corrected chi connectivity index (χ1v) is 10.4. The second-order valence-corrected chi connectivity index (χ2v) is 5.54. The second-order valence-electron chi connectivity index (χ2n) is 4.99. The van der Waals surface area contributed by atoms with Crippen molar-refractivity contribution in [3.8, 4) is 0 Å². The molecule has 156 valence electrons. The molecule has 2 aliphatic heterocycles. The lowest BCUT2D eigenvalue weighted by molar-refractivity contribution is -0.191. The summed E-state index contributed by atoms with van der Waals surface area (Å²) in [5.41, 5.74) is 0. The largest absolute Gasteiger partial charge is 0.457 e. The van der Waals surface area contributed by atoms with E-state index >= 15 is 0 Å². The maximum absolute atomic E-state index is 10.8. The molecule has 26 heavy (non-hydrogen) atoms. The molecule has 0 aromatic carbocycles. The average Bonchev–Trinajstić information content (AvgIpc) is 2.62. The van der Waals surface area contributed by atoms with E-state index in [9.17, 15) is 9.59 Å². The summed E-state index contributed by atoms with van der Waals surface area (Å²) < 4.78 is 24.1. The molecule has 0 amide bonds. The highest BCUT2D eigenvalue weighted by Crippen LogP contribution is 2.21. The number of methoxy groups -OCH3 is 1. The van der Waals surface area contributed by atoms with E-state index in [1.807, 2.05) is 14.4 Å². The fraction of sp³-hybridized carbons (Fsp3) is 0.846. The van der Waals surface area contributed by atoms with Crippen molar-refractivity contribution < 1.29 is 48.5 Å². The van der Waals surface area contributed by atoms with Crippen LogP contribution in [-0.2, 0) is 32.8 Å².